The molecule has 2 N–H and O–H groups in total. The van der Waals surface area contributed by atoms with Gasteiger partial charge in [-0.15, -0.1) is 0 Å². The van der Waals surface area contributed by atoms with Gasteiger partial charge in [0.2, 0.25) is 0 Å². The molecule has 0 bridgehead atoms. The molecule has 4 aromatic carbocycles. The first-order valence-electron chi connectivity index (χ1n) is 19.9. The van der Waals surface area contributed by atoms with Crippen molar-refractivity contribution in [3.05, 3.63) is 121 Å². The quantitative estimate of drug-likeness (QED) is 0.0617. The summed E-state index contributed by atoms with van der Waals surface area (Å²) in [5, 5.41) is 20.2. The Morgan fingerprint density at radius 2 is 0.843 bits per heavy atom. The summed E-state index contributed by atoms with van der Waals surface area (Å²) in [6, 6.07) is 46.6. The first-order valence-corrected chi connectivity index (χ1v) is 24.7. The molecule has 1 aliphatic rings. The van der Waals surface area contributed by atoms with Gasteiger partial charge in [0.1, 0.15) is 0 Å². The third-order valence-corrected chi connectivity index (χ3v) is 22.9. The summed E-state index contributed by atoms with van der Waals surface area (Å²) in [4.78, 5) is 0. The number of hydrogen-bond acceptors (Lipinski definition) is 2. The number of rotatable bonds is 18. The summed E-state index contributed by atoms with van der Waals surface area (Å²) < 4.78 is 1.11. The van der Waals surface area contributed by atoms with Crippen LogP contribution in [-0.4, -0.2) is 78.6 Å². The molecule has 5 heteroatoms. The Hall–Kier alpha value is -2.38. The molecular formula is C46H69N2OP2+. The van der Waals surface area contributed by atoms with Crippen LogP contribution in [0.1, 0.15) is 72.6 Å². The summed E-state index contributed by atoms with van der Waals surface area (Å²) in [5.74, 6) is 0. The molecule has 0 atom stereocenters. The van der Waals surface area contributed by atoms with E-state index in [0.29, 0.717) is 6.04 Å². The molecule has 4 aromatic rings. The Labute approximate surface area is 312 Å². The molecule has 0 radical (unpaired) electrons. The molecule has 0 aliphatic carbocycles. The van der Waals surface area contributed by atoms with Crippen LogP contribution in [0.2, 0.25) is 0 Å². The topological polar surface area (TPSA) is 32.3 Å². The van der Waals surface area contributed by atoms with Gasteiger partial charge in [-0.05, 0) is 0 Å². The maximum absolute atomic E-state index is 10.1. The Kier molecular flexibility index (Phi) is 13.8. The van der Waals surface area contributed by atoms with E-state index in [1.165, 1.54) is 74.2 Å². The van der Waals surface area contributed by atoms with Crippen LogP contribution in [0, 0.1) is 0 Å². The van der Waals surface area contributed by atoms with Crippen LogP contribution >= 0.6 is 14.5 Å². The van der Waals surface area contributed by atoms with Crippen molar-refractivity contribution < 1.29 is 9.59 Å². The van der Waals surface area contributed by atoms with Gasteiger partial charge in [-0.3, -0.25) is 0 Å². The van der Waals surface area contributed by atoms with Crippen LogP contribution in [0.5, 0.6) is 0 Å². The summed E-state index contributed by atoms with van der Waals surface area (Å²) in [6.45, 7) is 11.0. The van der Waals surface area contributed by atoms with Gasteiger partial charge in [0.15, 0.2) is 0 Å². The Balaban J connectivity index is 1.37. The van der Waals surface area contributed by atoms with E-state index in [9.17, 15) is 5.11 Å². The Morgan fingerprint density at radius 3 is 1.18 bits per heavy atom. The van der Waals surface area contributed by atoms with E-state index < -0.39 is 14.5 Å². The summed E-state index contributed by atoms with van der Waals surface area (Å²) in [7, 11) is 0.872. The molecule has 278 valence electrons. The molecule has 0 amide bonds. The molecule has 51 heavy (non-hydrogen) atoms. The average Bonchev–Trinajstić information content (AvgIpc) is 3.12. The van der Waals surface area contributed by atoms with Crippen LogP contribution in [0.15, 0.2) is 121 Å². The van der Waals surface area contributed by atoms with Gasteiger partial charge in [-0.1, -0.05) is 0 Å². The minimum absolute atomic E-state index is 0.171. The molecule has 0 spiro atoms. The number of benzene rings is 4. The summed E-state index contributed by atoms with van der Waals surface area (Å²) in [5.41, 5.74) is 0.342. The minimum atomic E-state index is -2.06. The molecule has 0 aromatic heterocycles. The molecule has 0 saturated carbocycles. The van der Waals surface area contributed by atoms with Crippen molar-refractivity contribution in [2.24, 2.45) is 0 Å². The first-order chi connectivity index (χ1) is 24.4. The summed E-state index contributed by atoms with van der Waals surface area (Å²) in [6.07, 6.45) is 13.2. The Bertz CT molecular complexity index is 1500. The molecule has 1 heterocycles. The van der Waals surface area contributed by atoms with E-state index in [2.05, 4.69) is 168 Å². The number of nitrogens with one attached hydrogen (secondary N) is 1. The molecule has 3 nitrogen and oxygen atoms in total. The van der Waals surface area contributed by atoms with Gasteiger partial charge in [0.25, 0.3) is 0 Å². The second-order valence-corrected chi connectivity index (χ2v) is 26.2. The third kappa shape index (κ3) is 10.2. The second-order valence-electron chi connectivity index (χ2n) is 17.6. The van der Waals surface area contributed by atoms with E-state index in [1.807, 2.05) is 0 Å². The van der Waals surface area contributed by atoms with Crippen LogP contribution in [0.25, 0.3) is 0 Å². The monoisotopic (exact) mass is 727 g/mol. The number of piperidine rings is 1. The van der Waals surface area contributed by atoms with Crippen LogP contribution in [-0.2, 0) is 0 Å². The summed E-state index contributed by atoms with van der Waals surface area (Å²) >= 11 is 0. The van der Waals surface area contributed by atoms with Gasteiger partial charge >= 0.3 is 314 Å². The molecule has 5 rings (SSSR count). The van der Waals surface area contributed by atoms with Gasteiger partial charge in [-0.25, -0.2) is 0 Å². The van der Waals surface area contributed by atoms with Gasteiger partial charge in [0, 0.05) is 0 Å². The molecule has 1 fully saturated rings. The van der Waals surface area contributed by atoms with E-state index in [1.54, 1.807) is 10.6 Å². The predicted molar refractivity (Wildman–Crippen MR) is 232 cm³/mol. The fourth-order valence-corrected chi connectivity index (χ4v) is 20.0. The second kappa shape index (κ2) is 17.6. The number of nitrogens with zero attached hydrogens (tertiary/aromatic N) is 1. The zero-order valence-electron chi connectivity index (χ0n) is 32.7. The average molecular weight is 728 g/mol. The number of aliphatic hydroxyl groups is 1. The number of unbranched alkanes of at least 4 members (excludes halogenated alkanes) is 2. The molecule has 1 saturated heterocycles. The van der Waals surface area contributed by atoms with Crippen molar-refractivity contribution in [3.63, 3.8) is 0 Å². The van der Waals surface area contributed by atoms with Crippen LogP contribution in [0.4, 0.5) is 0 Å². The Morgan fingerprint density at radius 1 is 0.529 bits per heavy atom. The van der Waals surface area contributed by atoms with Crippen molar-refractivity contribution >= 4 is 35.7 Å². The van der Waals surface area contributed by atoms with Gasteiger partial charge in [0.05, 0.1) is 0 Å². The van der Waals surface area contributed by atoms with E-state index in [0.717, 1.165) is 17.1 Å². The molecule has 1 aliphatic heterocycles. The number of aliphatic hydroxyl groups excluding tert-OH is 1. The third-order valence-electron chi connectivity index (χ3n) is 12.3. The van der Waals surface area contributed by atoms with E-state index in [-0.39, 0.29) is 17.7 Å². The van der Waals surface area contributed by atoms with Crippen molar-refractivity contribution in [2.75, 3.05) is 51.9 Å². The van der Waals surface area contributed by atoms with Gasteiger partial charge < -0.3 is 0 Å². The standard InChI is InChI=1S/C46H69N2OP2/c1-45(2)38-40(39-46(3,4)47-45)48(5,6)32-19-20-34-50(41-24-11-7-12-25-41,42-26-13-8-14-27-42)35-21-22-36-51(37-23-33-49,43-28-15-9-16-29-43)44-30-17-10-18-31-44/h7-18,24-31,40,47,49-51H,19-23,32-39H2,1-6H3/q+1. The number of quaternary nitrogens is 1. The fourth-order valence-electron chi connectivity index (χ4n) is 9.89. The zero-order valence-corrected chi connectivity index (χ0v) is 34.7. The van der Waals surface area contributed by atoms with Crippen molar-refractivity contribution in [3.8, 4) is 0 Å². The normalized spacial score (nSPS) is 17.2. The molecule has 0 unspecified atom stereocenters. The van der Waals surface area contributed by atoms with Crippen molar-refractivity contribution in [1.82, 2.24) is 5.32 Å². The number of hydrogen-bond donors (Lipinski definition) is 2. The first kappa shape index (κ1) is 39.8. The van der Waals surface area contributed by atoms with Crippen LogP contribution < -0.4 is 26.5 Å². The zero-order chi connectivity index (χ0) is 36.4. The van der Waals surface area contributed by atoms with Gasteiger partial charge in [-0.2, -0.15) is 0 Å². The van der Waals surface area contributed by atoms with Crippen molar-refractivity contribution in [2.45, 2.75) is 89.8 Å². The SMILES string of the molecule is CC1(C)CC([N+](C)(C)CCCC[PH](CCCC[PH](CCCO)(c2ccccc2)c2ccccc2)(c2ccccc2)c2ccccc2)CC(C)(C)N1. The van der Waals surface area contributed by atoms with Crippen LogP contribution in [0.3, 0.4) is 0 Å². The predicted octanol–water partition coefficient (Wildman–Crippen LogP) is 8.12. The maximum atomic E-state index is 10.1. The molecular weight excluding hydrogens is 658 g/mol. The van der Waals surface area contributed by atoms with Crippen molar-refractivity contribution in [1.29, 1.82) is 0 Å². The van der Waals surface area contributed by atoms with E-state index >= 15 is 0 Å². The van der Waals surface area contributed by atoms with E-state index in [4.69, 9.17) is 0 Å². The fraction of sp³-hybridized carbons (Fsp3) is 0.478.